The Hall–Kier alpha value is -2.29. The van der Waals surface area contributed by atoms with Crippen LogP contribution in [0.25, 0.3) is 0 Å². The van der Waals surface area contributed by atoms with Gasteiger partial charge in [0.15, 0.2) is 6.10 Å². The quantitative estimate of drug-likeness (QED) is 0.0195. The molecule has 0 spiro atoms. The number of unbranched alkanes of at least 4 members (excludes halogenated alkanes) is 50. The molecule has 0 saturated carbocycles. The number of esters is 2. The van der Waals surface area contributed by atoms with Gasteiger partial charge >= 0.3 is 11.9 Å². The average molecular weight is 1300 g/mol. The molecule has 2 unspecified atom stereocenters. The number of hydrogen-bond acceptors (Lipinski definition) is 8. The maximum atomic E-state index is 12.9. The summed E-state index contributed by atoms with van der Waals surface area (Å²) in [6.45, 7) is 4.20. The van der Waals surface area contributed by atoms with Gasteiger partial charge in [-0.2, -0.15) is 0 Å². The van der Waals surface area contributed by atoms with E-state index in [2.05, 4.69) is 74.6 Å². The summed E-state index contributed by atoms with van der Waals surface area (Å²) in [5.74, 6) is -0.809. The number of likely N-dealkylation sites (N-methyl/N-ethyl adjacent to an activating group) is 1. The minimum absolute atomic E-state index is 0.0281. The van der Waals surface area contributed by atoms with E-state index in [0.717, 1.165) is 64.2 Å². The van der Waals surface area contributed by atoms with Crippen LogP contribution in [0.1, 0.15) is 393 Å². The normalized spacial score (nSPS) is 13.3. The van der Waals surface area contributed by atoms with Crippen LogP contribution >= 0.6 is 7.82 Å². The topological polar surface area (TPSA) is 111 Å². The fraction of sp³-hybridized carbons (Fsp3) is 0.852. The summed E-state index contributed by atoms with van der Waals surface area (Å²) in [4.78, 5) is 38.2. The van der Waals surface area contributed by atoms with Gasteiger partial charge < -0.3 is 27.9 Å². The fourth-order valence-corrected chi connectivity index (χ4v) is 12.5. The first kappa shape index (κ1) is 88.7. The van der Waals surface area contributed by atoms with Crippen LogP contribution in [0.5, 0.6) is 0 Å². The number of phosphoric ester groups is 1. The van der Waals surface area contributed by atoms with Gasteiger partial charge in [0.2, 0.25) is 0 Å². The molecular weight excluding hydrogens is 1150 g/mol. The van der Waals surface area contributed by atoms with Gasteiger partial charge in [0.05, 0.1) is 27.7 Å². The zero-order valence-electron chi connectivity index (χ0n) is 61.1. The summed E-state index contributed by atoms with van der Waals surface area (Å²) in [7, 11) is 1.19. The van der Waals surface area contributed by atoms with Crippen molar-refractivity contribution < 1.29 is 42.1 Å². The third-order valence-corrected chi connectivity index (χ3v) is 18.8. The van der Waals surface area contributed by atoms with Crippen LogP contribution in [-0.4, -0.2) is 70.0 Å². The maximum absolute atomic E-state index is 12.9. The molecular formula is C81H152NO8P. The lowest BCUT2D eigenvalue weighted by atomic mass is 10.0. The predicted octanol–water partition coefficient (Wildman–Crippen LogP) is 25.5. The minimum atomic E-state index is -4.64. The lowest BCUT2D eigenvalue weighted by molar-refractivity contribution is -0.870. The molecule has 0 aliphatic heterocycles. The Balaban J connectivity index is 3.92. The maximum Gasteiger partial charge on any atom is 0.306 e. The highest BCUT2D eigenvalue weighted by Gasteiger charge is 2.22. The number of quaternary nitrogens is 1. The second-order valence-corrected chi connectivity index (χ2v) is 29.5. The molecule has 0 aromatic rings. The Labute approximate surface area is 566 Å². The Morgan fingerprint density at radius 3 is 0.934 bits per heavy atom. The standard InChI is InChI=1S/C81H152NO8P/c1-6-8-10-12-14-16-18-20-22-24-26-28-30-32-34-36-38-39-40-41-42-43-44-46-48-50-52-54-56-58-60-62-64-66-68-70-72-74-81(84)90-79(78-89-91(85,86)88-76-75-82(3,4)5)77-87-80(83)73-71-69-67-65-63-61-59-57-55-53-51-49-47-45-37-35-33-31-29-27-25-23-21-19-17-15-13-11-9-7-2/h8,10,14,16,20,22,26,28,32,34,79H,6-7,9,11-13,15,17-19,21,23-25,27,29-31,33,35-78H2,1-5H3/b10-8-,16-14-,22-20-,28-26-,34-32-. The average Bonchev–Trinajstić information content (AvgIpc) is 3.69. The Morgan fingerprint density at radius 1 is 0.352 bits per heavy atom. The van der Waals surface area contributed by atoms with Crippen molar-refractivity contribution in [3.8, 4) is 0 Å². The van der Waals surface area contributed by atoms with Crippen LogP contribution in [-0.2, 0) is 32.7 Å². The van der Waals surface area contributed by atoms with E-state index in [1.165, 1.54) is 295 Å². The summed E-state index contributed by atoms with van der Waals surface area (Å²) < 4.78 is 34.4. The number of hydrogen-bond donors (Lipinski definition) is 0. The molecule has 0 amide bonds. The first-order chi connectivity index (χ1) is 44.5. The minimum Gasteiger partial charge on any atom is -0.756 e. The molecule has 0 rings (SSSR count). The summed E-state index contributed by atoms with van der Waals surface area (Å²) in [5.41, 5.74) is 0. The lowest BCUT2D eigenvalue weighted by Gasteiger charge is -2.28. The molecule has 2 atom stereocenters. The van der Waals surface area contributed by atoms with Crippen molar-refractivity contribution in [2.75, 3.05) is 47.5 Å². The number of carbonyl (C=O) groups excluding carboxylic acids is 2. The van der Waals surface area contributed by atoms with E-state index in [1.54, 1.807) is 0 Å². The summed E-state index contributed by atoms with van der Waals surface area (Å²) in [6, 6.07) is 0. The number of rotatable bonds is 74. The highest BCUT2D eigenvalue weighted by molar-refractivity contribution is 7.45. The number of nitrogens with zero attached hydrogens (tertiary/aromatic N) is 1. The highest BCUT2D eigenvalue weighted by atomic mass is 31.2. The summed E-state index contributed by atoms with van der Waals surface area (Å²) >= 11 is 0. The van der Waals surface area contributed by atoms with Gasteiger partial charge in [-0.1, -0.05) is 383 Å². The number of ether oxygens (including phenoxy) is 2. The van der Waals surface area contributed by atoms with Crippen LogP contribution in [0.15, 0.2) is 60.8 Å². The van der Waals surface area contributed by atoms with E-state index in [-0.39, 0.29) is 32.0 Å². The third kappa shape index (κ3) is 76.6. The van der Waals surface area contributed by atoms with E-state index in [1.807, 2.05) is 21.1 Å². The first-order valence-electron chi connectivity index (χ1n) is 39.5. The smallest absolute Gasteiger partial charge is 0.306 e. The Bertz CT molecular complexity index is 1720. The van der Waals surface area contributed by atoms with Crippen molar-refractivity contribution >= 4 is 19.8 Å². The van der Waals surface area contributed by atoms with Gasteiger partial charge in [-0.05, 0) is 57.8 Å². The van der Waals surface area contributed by atoms with Crippen molar-refractivity contribution in [1.82, 2.24) is 0 Å². The van der Waals surface area contributed by atoms with Crippen molar-refractivity contribution in [2.24, 2.45) is 0 Å². The second kappa shape index (κ2) is 72.0. The fourth-order valence-electron chi connectivity index (χ4n) is 11.8. The molecule has 0 aromatic carbocycles. The van der Waals surface area contributed by atoms with Gasteiger partial charge in [-0.25, -0.2) is 0 Å². The molecule has 0 fully saturated rings. The van der Waals surface area contributed by atoms with Gasteiger partial charge in [0.25, 0.3) is 7.82 Å². The van der Waals surface area contributed by atoms with E-state index < -0.39 is 26.5 Å². The zero-order chi connectivity index (χ0) is 66.2. The molecule has 0 aliphatic carbocycles. The molecule has 0 N–H and O–H groups in total. The largest absolute Gasteiger partial charge is 0.756 e. The summed E-state index contributed by atoms with van der Waals surface area (Å²) in [5, 5.41) is 0. The van der Waals surface area contributed by atoms with Crippen molar-refractivity contribution in [3.63, 3.8) is 0 Å². The van der Waals surface area contributed by atoms with Crippen LogP contribution in [0.3, 0.4) is 0 Å². The predicted molar refractivity (Wildman–Crippen MR) is 393 cm³/mol. The third-order valence-electron chi connectivity index (χ3n) is 17.8. The number of carbonyl (C=O) groups is 2. The molecule has 0 radical (unpaired) electrons. The van der Waals surface area contributed by atoms with Crippen LogP contribution in [0.4, 0.5) is 0 Å². The van der Waals surface area contributed by atoms with Gasteiger partial charge in [-0.15, -0.1) is 0 Å². The highest BCUT2D eigenvalue weighted by Crippen LogP contribution is 2.38. The molecule has 0 bridgehead atoms. The van der Waals surface area contributed by atoms with E-state index in [0.29, 0.717) is 17.4 Å². The summed E-state index contributed by atoms with van der Waals surface area (Å²) in [6.07, 6.45) is 96.3. The number of phosphoric acid groups is 1. The van der Waals surface area contributed by atoms with Crippen LogP contribution in [0.2, 0.25) is 0 Å². The van der Waals surface area contributed by atoms with E-state index in [4.69, 9.17) is 18.5 Å². The molecule has 9 nitrogen and oxygen atoms in total. The van der Waals surface area contributed by atoms with Crippen LogP contribution < -0.4 is 4.89 Å². The van der Waals surface area contributed by atoms with Crippen LogP contribution in [0, 0.1) is 0 Å². The second-order valence-electron chi connectivity index (χ2n) is 28.1. The van der Waals surface area contributed by atoms with E-state index in [9.17, 15) is 19.0 Å². The SMILES string of the molecule is CC/C=C\C/C=C\C/C=C\C/C=C\C/C=C\CCCCCCCCCCCCCCCCCCCCCCCC(=O)OC(COC(=O)CCCCCCCCCCCCCCCCCCCCCCCCCCCCCCCC)COP(=O)([O-])OCC[N+](C)(C)C. The zero-order valence-corrected chi connectivity index (χ0v) is 62.0. The van der Waals surface area contributed by atoms with Gasteiger partial charge in [-0.3, -0.25) is 14.2 Å². The monoisotopic (exact) mass is 1300 g/mol. The molecule has 0 saturated heterocycles. The molecule has 0 aliphatic rings. The van der Waals surface area contributed by atoms with Gasteiger partial charge in [0.1, 0.15) is 19.8 Å². The van der Waals surface area contributed by atoms with Crippen molar-refractivity contribution in [1.29, 1.82) is 0 Å². The van der Waals surface area contributed by atoms with Gasteiger partial charge in [0, 0.05) is 12.8 Å². The Kier molecular flexibility index (Phi) is 70.2. The van der Waals surface area contributed by atoms with Crippen molar-refractivity contribution in [2.45, 2.75) is 399 Å². The van der Waals surface area contributed by atoms with Crippen molar-refractivity contribution in [3.05, 3.63) is 60.8 Å². The molecule has 0 aromatic heterocycles. The lowest BCUT2D eigenvalue weighted by Crippen LogP contribution is -2.37. The molecule has 91 heavy (non-hydrogen) atoms. The Morgan fingerprint density at radius 2 is 0.626 bits per heavy atom. The molecule has 0 heterocycles. The molecule has 10 heteroatoms. The number of allylic oxidation sites excluding steroid dienone is 10. The van der Waals surface area contributed by atoms with E-state index >= 15 is 0 Å². The molecule has 534 valence electrons. The first-order valence-corrected chi connectivity index (χ1v) is 41.0.